The molecule has 4 rings (SSSR count). The molecule has 2 N–H and O–H groups in total. The van der Waals surface area contributed by atoms with Gasteiger partial charge in [0.1, 0.15) is 5.58 Å². The summed E-state index contributed by atoms with van der Waals surface area (Å²) in [5, 5.41) is 13.6. The van der Waals surface area contributed by atoms with Gasteiger partial charge in [0.15, 0.2) is 17.2 Å². The van der Waals surface area contributed by atoms with Crippen LogP contribution in [0.3, 0.4) is 0 Å². The summed E-state index contributed by atoms with van der Waals surface area (Å²) in [4.78, 5) is 29.1. The minimum Gasteiger partial charge on any atom is -0.481 e. The molecule has 0 aliphatic carbocycles. The molecule has 4 aromatic rings. The number of hydrogen-bond donors (Lipinski definition) is 2. The Bertz CT molecular complexity index is 1230. The van der Waals surface area contributed by atoms with Gasteiger partial charge >= 0.3 is 5.97 Å². The quantitative estimate of drug-likeness (QED) is 0.458. The second kappa shape index (κ2) is 7.95. The van der Waals surface area contributed by atoms with Gasteiger partial charge in [-0.25, -0.2) is 9.78 Å². The number of para-hydroxylation sites is 1. The fraction of sp³-hybridized carbons (Fsp3) is 0.125. The van der Waals surface area contributed by atoms with E-state index in [9.17, 15) is 14.7 Å². The van der Waals surface area contributed by atoms with Gasteiger partial charge in [-0.15, -0.1) is 0 Å². The minimum absolute atomic E-state index is 0.0657. The zero-order valence-electron chi connectivity index (χ0n) is 17.0. The molecule has 0 amide bonds. The van der Waals surface area contributed by atoms with Gasteiger partial charge < -0.3 is 19.6 Å². The van der Waals surface area contributed by atoms with Crippen molar-refractivity contribution in [1.29, 1.82) is 0 Å². The predicted molar refractivity (Wildman–Crippen MR) is 115 cm³/mol. The topological polar surface area (TPSA) is 102 Å². The average molecular weight is 416 g/mol. The van der Waals surface area contributed by atoms with Gasteiger partial charge in [-0.3, -0.25) is 4.79 Å². The first-order valence-electron chi connectivity index (χ1n) is 9.56. The number of fused-ring (bicyclic) bond motifs is 1. The summed E-state index contributed by atoms with van der Waals surface area (Å²) in [5.74, 6) is -0.587. The normalized spacial score (nSPS) is 12.8. The highest BCUT2D eigenvalue weighted by Gasteiger charge is 2.41. The highest BCUT2D eigenvalue weighted by Crippen LogP contribution is 2.37. The van der Waals surface area contributed by atoms with Crippen LogP contribution >= 0.6 is 0 Å². The molecule has 1 atom stereocenters. The first-order chi connectivity index (χ1) is 14.9. The third-order valence-electron chi connectivity index (χ3n) is 5.19. The second-order valence-corrected chi connectivity index (χ2v) is 7.05. The number of Topliss-reactive ketones (excluding diaryl/α,β-unsaturated/α-hetero) is 1. The van der Waals surface area contributed by atoms with E-state index in [1.807, 2.05) is 24.3 Å². The van der Waals surface area contributed by atoms with E-state index in [1.165, 1.54) is 32.4 Å². The van der Waals surface area contributed by atoms with Crippen LogP contribution in [-0.4, -0.2) is 29.0 Å². The van der Waals surface area contributed by atoms with Crippen LogP contribution in [0.4, 0.5) is 5.88 Å². The van der Waals surface area contributed by atoms with Crippen molar-refractivity contribution >= 4 is 28.6 Å². The molecule has 1 unspecified atom stereocenters. The maximum Gasteiger partial charge on any atom is 0.335 e. The Balaban J connectivity index is 1.93. The molecule has 7 heteroatoms. The number of ketones is 1. The van der Waals surface area contributed by atoms with Gasteiger partial charge in [-0.2, -0.15) is 0 Å². The number of nitrogens with zero attached hydrogens (tertiary/aromatic N) is 1. The highest BCUT2D eigenvalue weighted by molar-refractivity contribution is 5.96. The van der Waals surface area contributed by atoms with Crippen molar-refractivity contribution < 1.29 is 23.8 Å². The van der Waals surface area contributed by atoms with E-state index in [2.05, 4.69) is 10.3 Å². The molecule has 7 nitrogen and oxygen atoms in total. The Labute approximate surface area is 178 Å². The van der Waals surface area contributed by atoms with E-state index >= 15 is 0 Å². The number of methoxy groups -OCH3 is 1. The second-order valence-electron chi connectivity index (χ2n) is 7.05. The molecule has 0 spiro atoms. The van der Waals surface area contributed by atoms with Gasteiger partial charge in [0, 0.05) is 29.3 Å². The zero-order valence-corrected chi connectivity index (χ0v) is 17.0. The summed E-state index contributed by atoms with van der Waals surface area (Å²) >= 11 is 0. The maximum absolute atomic E-state index is 13.2. The first kappa shape index (κ1) is 20.2. The largest absolute Gasteiger partial charge is 0.481 e. The number of pyridine rings is 1. The average Bonchev–Trinajstić information content (AvgIpc) is 3.20. The third kappa shape index (κ3) is 3.61. The summed E-state index contributed by atoms with van der Waals surface area (Å²) in [6.07, 6.45) is 1.53. The number of carbonyl (C=O) groups excluding carboxylic acids is 1. The van der Waals surface area contributed by atoms with Crippen molar-refractivity contribution in [3.8, 4) is 5.88 Å². The molecule has 156 valence electrons. The molecule has 2 heterocycles. The lowest BCUT2D eigenvalue weighted by molar-refractivity contribution is -0.120. The number of rotatable bonds is 7. The van der Waals surface area contributed by atoms with E-state index in [1.54, 1.807) is 30.3 Å². The van der Waals surface area contributed by atoms with E-state index in [0.717, 1.165) is 5.39 Å². The Hall–Kier alpha value is -4.13. The standard InChI is InChI=1S/C24H20N2O5/c1-15(27)24(19-10-11-21(30-2)25-14-19,18-8-5-7-17(12-18)23(28)29)26-22-13-16-6-3-4-9-20(16)31-22/h3-14,26H,1-2H3,(H,28,29). The van der Waals surface area contributed by atoms with Crippen molar-refractivity contribution in [2.24, 2.45) is 0 Å². The fourth-order valence-electron chi connectivity index (χ4n) is 3.64. The van der Waals surface area contributed by atoms with Gasteiger partial charge in [-0.1, -0.05) is 30.3 Å². The smallest absolute Gasteiger partial charge is 0.335 e. The van der Waals surface area contributed by atoms with Crippen LogP contribution in [0, 0.1) is 0 Å². The van der Waals surface area contributed by atoms with E-state index in [-0.39, 0.29) is 11.3 Å². The number of aromatic nitrogens is 1. The van der Waals surface area contributed by atoms with Crippen molar-refractivity contribution in [1.82, 2.24) is 4.98 Å². The van der Waals surface area contributed by atoms with Gasteiger partial charge in [0.05, 0.1) is 12.7 Å². The minimum atomic E-state index is -1.43. The van der Waals surface area contributed by atoms with Gasteiger partial charge in [-0.05, 0) is 36.8 Å². The third-order valence-corrected chi connectivity index (χ3v) is 5.19. The Morgan fingerprint density at radius 2 is 1.84 bits per heavy atom. The lowest BCUT2D eigenvalue weighted by Gasteiger charge is -2.33. The van der Waals surface area contributed by atoms with Crippen molar-refractivity contribution in [2.45, 2.75) is 12.5 Å². The molecule has 2 aromatic heterocycles. The number of carbonyl (C=O) groups is 2. The number of aromatic carboxylic acids is 1. The SMILES string of the molecule is COc1ccc(C(Nc2cc3ccccc3o2)(C(C)=O)c2cccc(C(=O)O)c2)cn1. The Morgan fingerprint density at radius 3 is 2.48 bits per heavy atom. The van der Waals surface area contributed by atoms with Crippen LogP contribution in [-0.2, 0) is 10.3 Å². The highest BCUT2D eigenvalue weighted by atomic mass is 16.5. The van der Waals surface area contributed by atoms with Gasteiger partial charge in [0.2, 0.25) is 5.88 Å². The Kier molecular flexibility index (Phi) is 5.17. The molecule has 31 heavy (non-hydrogen) atoms. The molecule has 0 radical (unpaired) electrons. The van der Waals surface area contributed by atoms with Crippen LogP contribution in [0.25, 0.3) is 11.0 Å². The number of hydrogen-bond acceptors (Lipinski definition) is 6. The number of carboxylic acids is 1. The number of carboxylic acid groups (broad SMARTS) is 1. The molecule has 0 aliphatic rings. The number of benzene rings is 2. The van der Waals surface area contributed by atoms with E-state index in [0.29, 0.717) is 28.5 Å². The van der Waals surface area contributed by atoms with E-state index < -0.39 is 11.5 Å². The molecule has 0 fully saturated rings. The van der Waals surface area contributed by atoms with Crippen LogP contribution in [0.2, 0.25) is 0 Å². The maximum atomic E-state index is 13.2. The van der Waals surface area contributed by atoms with Crippen LogP contribution in [0.15, 0.2) is 77.3 Å². The van der Waals surface area contributed by atoms with Crippen molar-refractivity contribution in [3.05, 3.63) is 89.6 Å². The van der Waals surface area contributed by atoms with Crippen LogP contribution in [0.1, 0.15) is 28.4 Å². The first-order valence-corrected chi connectivity index (χ1v) is 9.56. The zero-order chi connectivity index (χ0) is 22.0. The predicted octanol–water partition coefficient (Wildman–Crippen LogP) is 4.48. The summed E-state index contributed by atoms with van der Waals surface area (Å²) in [6.45, 7) is 1.44. The molecule has 0 saturated heterocycles. The monoisotopic (exact) mass is 416 g/mol. The fourth-order valence-corrected chi connectivity index (χ4v) is 3.64. The summed E-state index contributed by atoms with van der Waals surface area (Å²) < 4.78 is 11.1. The molecular weight excluding hydrogens is 396 g/mol. The molecule has 0 saturated carbocycles. The number of furan rings is 1. The van der Waals surface area contributed by atoms with Gasteiger partial charge in [0.25, 0.3) is 0 Å². The lowest BCUT2D eigenvalue weighted by atomic mass is 9.79. The summed E-state index contributed by atoms with van der Waals surface area (Å²) in [6, 6.07) is 18.9. The number of anilines is 1. The molecule has 0 bridgehead atoms. The molecule has 2 aromatic carbocycles. The van der Waals surface area contributed by atoms with Crippen molar-refractivity contribution in [3.63, 3.8) is 0 Å². The summed E-state index contributed by atoms with van der Waals surface area (Å²) in [7, 11) is 1.50. The molecular formula is C24H20N2O5. The number of ether oxygens (including phenoxy) is 1. The van der Waals surface area contributed by atoms with Crippen LogP contribution in [0.5, 0.6) is 5.88 Å². The van der Waals surface area contributed by atoms with Crippen LogP contribution < -0.4 is 10.1 Å². The summed E-state index contributed by atoms with van der Waals surface area (Å²) in [5.41, 5.74) is 0.264. The lowest BCUT2D eigenvalue weighted by Crippen LogP contribution is -2.43. The van der Waals surface area contributed by atoms with E-state index in [4.69, 9.17) is 9.15 Å². The van der Waals surface area contributed by atoms with Crippen molar-refractivity contribution in [2.75, 3.05) is 12.4 Å². The Morgan fingerprint density at radius 1 is 1.03 bits per heavy atom. The number of nitrogens with one attached hydrogen (secondary N) is 1. The molecule has 0 aliphatic heterocycles.